The molecule has 1 saturated carbocycles. The highest BCUT2D eigenvalue weighted by molar-refractivity contribution is 7.10. The zero-order valence-electron chi connectivity index (χ0n) is 14.0. The molecule has 0 bridgehead atoms. The smallest absolute Gasteiger partial charge is 0.191 e. The molecule has 2 fully saturated rings. The van der Waals surface area contributed by atoms with Crippen molar-refractivity contribution >= 4 is 17.3 Å². The van der Waals surface area contributed by atoms with Crippen LogP contribution in [0.25, 0.3) is 0 Å². The van der Waals surface area contributed by atoms with Gasteiger partial charge in [-0.25, -0.2) is 0 Å². The lowest BCUT2D eigenvalue weighted by atomic mass is 10.2. The quantitative estimate of drug-likeness (QED) is 0.591. The lowest BCUT2D eigenvalue weighted by Gasteiger charge is -2.34. The first kappa shape index (κ1) is 16.7. The van der Waals surface area contributed by atoms with E-state index in [1.54, 1.807) is 0 Å². The molecule has 2 N–H and O–H groups in total. The van der Waals surface area contributed by atoms with Gasteiger partial charge in [0.05, 0.1) is 19.3 Å². The van der Waals surface area contributed by atoms with Crippen molar-refractivity contribution in [3.63, 3.8) is 0 Å². The standard InChI is InChI=1S/C17H28N4OS/c1-18-17(19-7-6-14-4-5-14)20-13-15(16-3-2-12-23-16)21-8-10-22-11-9-21/h2-3,12,14-15H,4-11,13H2,1H3,(H2,18,19,20). The molecular weight excluding hydrogens is 308 g/mol. The van der Waals surface area contributed by atoms with Crippen LogP contribution in [0.2, 0.25) is 0 Å². The Kier molecular flexibility index (Phi) is 6.30. The number of nitrogens with one attached hydrogen (secondary N) is 2. The molecule has 1 saturated heterocycles. The lowest BCUT2D eigenvalue weighted by Crippen LogP contribution is -2.46. The molecule has 23 heavy (non-hydrogen) atoms. The summed E-state index contributed by atoms with van der Waals surface area (Å²) < 4.78 is 5.50. The van der Waals surface area contributed by atoms with Gasteiger partial charge in [-0.1, -0.05) is 18.9 Å². The molecule has 6 heteroatoms. The molecule has 1 aliphatic heterocycles. The first-order valence-corrected chi connectivity index (χ1v) is 9.54. The largest absolute Gasteiger partial charge is 0.379 e. The molecule has 1 aromatic heterocycles. The maximum absolute atomic E-state index is 5.50. The molecule has 0 aromatic carbocycles. The van der Waals surface area contributed by atoms with Crippen molar-refractivity contribution in [2.75, 3.05) is 46.4 Å². The molecule has 2 heterocycles. The Morgan fingerprint density at radius 2 is 2.22 bits per heavy atom. The van der Waals surface area contributed by atoms with Crippen molar-refractivity contribution in [3.05, 3.63) is 22.4 Å². The highest BCUT2D eigenvalue weighted by atomic mass is 32.1. The summed E-state index contributed by atoms with van der Waals surface area (Å²) in [4.78, 5) is 8.28. The van der Waals surface area contributed by atoms with E-state index in [0.29, 0.717) is 6.04 Å². The fourth-order valence-electron chi connectivity index (χ4n) is 2.99. The molecule has 3 rings (SSSR count). The number of rotatable bonds is 7. The molecule has 5 nitrogen and oxygen atoms in total. The molecule has 128 valence electrons. The first-order valence-electron chi connectivity index (χ1n) is 8.66. The number of ether oxygens (including phenoxy) is 1. The highest BCUT2D eigenvalue weighted by Crippen LogP contribution is 2.31. The van der Waals surface area contributed by atoms with E-state index in [1.807, 2.05) is 18.4 Å². The third kappa shape index (κ3) is 5.19. The lowest BCUT2D eigenvalue weighted by molar-refractivity contribution is 0.0177. The molecule has 1 atom stereocenters. The zero-order chi connectivity index (χ0) is 15.9. The van der Waals surface area contributed by atoms with Gasteiger partial charge in [0.1, 0.15) is 0 Å². The maximum atomic E-state index is 5.50. The Balaban J connectivity index is 1.52. The Morgan fingerprint density at radius 3 is 2.87 bits per heavy atom. The summed E-state index contributed by atoms with van der Waals surface area (Å²) in [6, 6.07) is 4.76. The summed E-state index contributed by atoms with van der Waals surface area (Å²) in [7, 11) is 1.85. The molecule has 0 spiro atoms. The molecule has 1 aromatic rings. The van der Waals surface area contributed by atoms with E-state index in [4.69, 9.17) is 4.74 Å². The van der Waals surface area contributed by atoms with Crippen LogP contribution in [0.4, 0.5) is 0 Å². The Labute approximate surface area is 143 Å². The van der Waals surface area contributed by atoms with Gasteiger partial charge in [-0.3, -0.25) is 9.89 Å². The van der Waals surface area contributed by atoms with E-state index < -0.39 is 0 Å². The zero-order valence-corrected chi connectivity index (χ0v) is 14.8. The predicted molar refractivity (Wildman–Crippen MR) is 96.2 cm³/mol. The molecule has 0 amide bonds. The third-order valence-electron chi connectivity index (χ3n) is 4.59. The minimum Gasteiger partial charge on any atom is -0.379 e. The van der Waals surface area contributed by atoms with Crippen molar-refractivity contribution in [1.82, 2.24) is 15.5 Å². The average Bonchev–Trinajstić information content (AvgIpc) is 3.26. The molecule has 1 aliphatic carbocycles. The van der Waals surface area contributed by atoms with Gasteiger partial charge < -0.3 is 15.4 Å². The number of nitrogens with zero attached hydrogens (tertiary/aromatic N) is 2. The van der Waals surface area contributed by atoms with Crippen LogP contribution in [0, 0.1) is 5.92 Å². The number of thiophene rings is 1. The van der Waals surface area contributed by atoms with Crippen molar-refractivity contribution < 1.29 is 4.74 Å². The van der Waals surface area contributed by atoms with Crippen molar-refractivity contribution in [3.8, 4) is 0 Å². The van der Waals surface area contributed by atoms with Crippen LogP contribution in [0.15, 0.2) is 22.5 Å². The monoisotopic (exact) mass is 336 g/mol. The number of hydrogen-bond donors (Lipinski definition) is 2. The Hall–Kier alpha value is -1.11. The van der Waals surface area contributed by atoms with E-state index in [-0.39, 0.29) is 0 Å². The van der Waals surface area contributed by atoms with Gasteiger partial charge in [0.15, 0.2) is 5.96 Å². The van der Waals surface area contributed by atoms with Crippen LogP contribution >= 0.6 is 11.3 Å². The fraction of sp³-hybridized carbons (Fsp3) is 0.706. The van der Waals surface area contributed by atoms with Crippen LogP contribution < -0.4 is 10.6 Å². The topological polar surface area (TPSA) is 48.9 Å². The van der Waals surface area contributed by atoms with Crippen LogP contribution in [-0.4, -0.2) is 57.3 Å². The minimum absolute atomic E-state index is 0.390. The minimum atomic E-state index is 0.390. The third-order valence-corrected chi connectivity index (χ3v) is 5.56. The highest BCUT2D eigenvalue weighted by Gasteiger charge is 2.24. The van der Waals surface area contributed by atoms with Gasteiger partial charge in [0, 0.05) is 38.1 Å². The van der Waals surface area contributed by atoms with Gasteiger partial charge in [0.25, 0.3) is 0 Å². The first-order chi connectivity index (χ1) is 11.4. The SMILES string of the molecule is CN=C(NCCC1CC1)NCC(c1cccs1)N1CCOCC1. The number of morpholine rings is 1. The molecular formula is C17H28N4OS. The van der Waals surface area contributed by atoms with E-state index in [9.17, 15) is 0 Å². The van der Waals surface area contributed by atoms with Gasteiger partial charge in [-0.2, -0.15) is 0 Å². The number of aliphatic imine (C=N–C) groups is 1. The Morgan fingerprint density at radius 1 is 1.39 bits per heavy atom. The van der Waals surface area contributed by atoms with Crippen molar-refractivity contribution in [2.45, 2.75) is 25.3 Å². The summed E-state index contributed by atoms with van der Waals surface area (Å²) in [6.07, 6.45) is 4.08. The summed E-state index contributed by atoms with van der Waals surface area (Å²) in [5, 5.41) is 9.11. The molecule has 1 unspecified atom stereocenters. The predicted octanol–water partition coefficient (Wildman–Crippen LogP) is 2.09. The van der Waals surface area contributed by atoms with Crippen LogP contribution in [-0.2, 0) is 4.74 Å². The summed E-state index contributed by atoms with van der Waals surface area (Å²) in [5.41, 5.74) is 0. The Bertz CT molecular complexity index is 481. The maximum Gasteiger partial charge on any atom is 0.191 e. The summed E-state index contributed by atoms with van der Waals surface area (Å²) in [5.74, 6) is 1.87. The fourth-order valence-corrected chi connectivity index (χ4v) is 3.86. The second-order valence-corrected chi connectivity index (χ2v) is 7.27. The average molecular weight is 337 g/mol. The summed E-state index contributed by atoms with van der Waals surface area (Å²) >= 11 is 1.83. The summed E-state index contributed by atoms with van der Waals surface area (Å²) in [6.45, 7) is 5.55. The van der Waals surface area contributed by atoms with E-state index in [2.05, 4.69) is 38.0 Å². The second-order valence-electron chi connectivity index (χ2n) is 6.29. The van der Waals surface area contributed by atoms with Gasteiger partial charge in [-0.05, 0) is 23.8 Å². The van der Waals surface area contributed by atoms with Crippen LogP contribution in [0.3, 0.4) is 0 Å². The van der Waals surface area contributed by atoms with Gasteiger partial charge >= 0.3 is 0 Å². The van der Waals surface area contributed by atoms with Gasteiger partial charge in [0.2, 0.25) is 0 Å². The van der Waals surface area contributed by atoms with E-state index in [1.165, 1.54) is 24.1 Å². The van der Waals surface area contributed by atoms with Crippen molar-refractivity contribution in [2.24, 2.45) is 10.9 Å². The normalized spacial score (nSPS) is 21.2. The molecule has 0 radical (unpaired) electrons. The number of hydrogen-bond acceptors (Lipinski definition) is 4. The second kappa shape index (κ2) is 8.66. The van der Waals surface area contributed by atoms with Crippen LogP contribution in [0.5, 0.6) is 0 Å². The van der Waals surface area contributed by atoms with Crippen LogP contribution in [0.1, 0.15) is 30.2 Å². The van der Waals surface area contributed by atoms with Crippen molar-refractivity contribution in [1.29, 1.82) is 0 Å². The molecule has 2 aliphatic rings. The van der Waals surface area contributed by atoms with E-state index in [0.717, 1.165) is 51.3 Å². The van der Waals surface area contributed by atoms with E-state index >= 15 is 0 Å². The number of guanidine groups is 1. The van der Waals surface area contributed by atoms with Gasteiger partial charge in [-0.15, -0.1) is 11.3 Å².